The Morgan fingerprint density at radius 3 is 2.72 bits per heavy atom. The molecule has 1 amide bonds. The number of nitro groups is 1. The number of hydrogen-bond acceptors (Lipinski definition) is 6. The lowest BCUT2D eigenvalue weighted by molar-refractivity contribution is -0.384. The molecule has 1 aromatic carbocycles. The summed E-state index contributed by atoms with van der Waals surface area (Å²) >= 11 is 5.78. The minimum Gasteiger partial charge on any atom is -0.459 e. The molecule has 10 heteroatoms. The van der Waals surface area contributed by atoms with E-state index in [1.165, 1.54) is 12.1 Å². The van der Waals surface area contributed by atoms with Gasteiger partial charge in [0.15, 0.2) is 0 Å². The molecule has 2 heterocycles. The van der Waals surface area contributed by atoms with E-state index in [1.54, 1.807) is 42.8 Å². The summed E-state index contributed by atoms with van der Waals surface area (Å²) in [5.41, 5.74) is 1.21. The van der Waals surface area contributed by atoms with Gasteiger partial charge in [0.05, 0.1) is 16.0 Å². The van der Waals surface area contributed by atoms with Crippen molar-refractivity contribution in [1.29, 1.82) is 5.26 Å². The van der Waals surface area contributed by atoms with Gasteiger partial charge >= 0.3 is 5.97 Å². The van der Waals surface area contributed by atoms with Gasteiger partial charge in [-0.05, 0) is 30.2 Å². The van der Waals surface area contributed by atoms with Crippen LogP contribution >= 0.6 is 11.6 Å². The number of nitrogens with zero attached hydrogens (tertiary/aromatic N) is 3. The Morgan fingerprint density at radius 2 is 2.06 bits per heavy atom. The largest absolute Gasteiger partial charge is 0.459 e. The smallest absolute Gasteiger partial charge is 0.329 e. The van der Waals surface area contributed by atoms with Crippen molar-refractivity contribution in [2.75, 3.05) is 0 Å². The van der Waals surface area contributed by atoms with Gasteiger partial charge in [0.2, 0.25) is 0 Å². The summed E-state index contributed by atoms with van der Waals surface area (Å²) in [5, 5.41) is 23.0. The third-order valence-electron chi connectivity index (χ3n) is 4.86. The van der Waals surface area contributed by atoms with Gasteiger partial charge in [-0.2, -0.15) is 5.26 Å². The van der Waals surface area contributed by atoms with E-state index in [0.29, 0.717) is 16.6 Å². The average molecular weight is 455 g/mol. The van der Waals surface area contributed by atoms with Gasteiger partial charge in [0.25, 0.3) is 11.6 Å². The summed E-state index contributed by atoms with van der Waals surface area (Å²) in [6.07, 6.45) is 3.49. The van der Waals surface area contributed by atoms with Gasteiger partial charge in [-0.3, -0.25) is 14.9 Å². The van der Waals surface area contributed by atoms with Crippen molar-refractivity contribution in [2.24, 2.45) is 5.92 Å². The van der Waals surface area contributed by atoms with Crippen LogP contribution < -0.4 is 5.32 Å². The molecule has 0 fully saturated rings. The molecule has 1 atom stereocenters. The monoisotopic (exact) mass is 454 g/mol. The molecular weight excluding hydrogens is 436 g/mol. The lowest BCUT2D eigenvalue weighted by Gasteiger charge is -2.21. The van der Waals surface area contributed by atoms with Crippen LogP contribution in [0, 0.1) is 27.4 Å². The fourth-order valence-electron chi connectivity index (χ4n) is 3.17. The number of nitro benzene ring substituents is 1. The van der Waals surface area contributed by atoms with Crippen molar-refractivity contribution in [1.82, 2.24) is 9.72 Å². The Kier molecular flexibility index (Phi) is 6.76. The number of carbonyl (C=O) groups is 2. The van der Waals surface area contributed by atoms with E-state index in [4.69, 9.17) is 16.3 Å². The van der Waals surface area contributed by atoms with Crippen LogP contribution in [0.1, 0.15) is 35.3 Å². The summed E-state index contributed by atoms with van der Waals surface area (Å²) in [4.78, 5) is 35.7. The van der Waals surface area contributed by atoms with Gasteiger partial charge < -0.3 is 14.5 Å². The fraction of sp³-hybridized carbons (Fsp3) is 0.227. The molecule has 3 rings (SSSR count). The highest BCUT2D eigenvalue weighted by Gasteiger charge is 2.27. The normalized spacial score (nSPS) is 11.7. The molecule has 0 aliphatic carbocycles. The zero-order chi connectivity index (χ0) is 23.4. The SMILES string of the molecule is CC(C)[C@H](NC(=O)c1ccc(Cl)c([N+](=O)[O-])c1)C(=O)OCc1cn2ccccc2c1C#N. The second kappa shape index (κ2) is 9.49. The van der Waals surface area contributed by atoms with Crippen molar-refractivity contribution >= 4 is 34.7 Å². The Hall–Kier alpha value is -3.90. The van der Waals surface area contributed by atoms with Crippen LogP contribution in [0.25, 0.3) is 5.52 Å². The number of pyridine rings is 1. The molecule has 0 bridgehead atoms. The molecule has 0 saturated carbocycles. The number of esters is 1. The van der Waals surface area contributed by atoms with Crippen molar-refractivity contribution in [3.05, 3.63) is 80.6 Å². The molecule has 3 aromatic rings. The maximum atomic E-state index is 12.7. The van der Waals surface area contributed by atoms with Gasteiger partial charge in [0, 0.05) is 29.6 Å². The number of nitriles is 1. The molecule has 0 saturated heterocycles. The molecule has 2 aromatic heterocycles. The highest BCUT2D eigenvalue weighted by atomic mass is 35.5. The number of ether oxygens (including phenoxy) is 1. The van der Waals surface area contributed by atoms with Crippen molar-refractivity contribution in [3.63, 3.8) is 0 Å². The molecule has 0 unspecified atom stereocenters. The summed E-state index contributed by atoms with van der Waals surface area (Å²) in [7, 11) is 0. The maximum absolute atomic E-state index is 12.7. The first-order chi connectivity index (χ1) is 15.2. The number of fused-ring (bicyclic) bond motifs is 1. The molecule has 32 heavy (non-hydrogen) atoms. The molecule has 0 aliphatic heterocycles. The summed E-state index contributed by atoms with van der Waals surface area (Å²) in [6.45, 7) is 3.31. The Labute approximate surface area is 188 Å². The van der Waals surface area contributed by atoms with E-state index in [0.717, 1.165) is 6.07 Å². The number of aromatic nitrogens is 1. The number of rotatable bonds is 7. The molecular formula is C22H19ClN4O5. The van der Waals surface area contributed by atoms with Crippen LogP contribution in [0.15, 0.2) is 48.8 Å². The van der Waals surface area contributed by atoms with E-state index in [-0.39, 0.29) is 23.1 Å². The van der Waals surface area contributed by atoms with Gasteiger partial charge in [0.1, 0.15) is 23.7 Å². The topological polar surface area (TPSA) is 127 Å². The number of benzene rings is 1. The first kappa shape index (κ1) is 22.8. The van der Waals surface area contributed by atoms with Crippen LogP contribution in [0.4, 0.5) is 5.69 Å². The summed E-state index contributed by atoms with van der Waals surface area (Å²) in [5.74, 6) is -1.68. The lowest BCUT2D eigenvalue weighted by Crippen LogP contribution is -2.45. The Bertz CT molecular complexity index is 1240. The highest BCUT2D eigenvalue weighted by Crippen LogP contribution is 2.25. The summed E-state index contributed by atoms with van der Waals surface area (Å²) < 4.78 is 7.15. The van der Waals surface area contributed by atoms with Crippen LogP contribution in [0.2, 0.25) is 5.02 Å². The molecule has 0 radical (unpaired) electrons. The third-order valence-corrected chi connectivity index (χ3v) is 5.18. The van der Waals surface area contributed by atoms with Crippen molar-refractivity contribution in [3.8, 4) is 6.07 Å². The first-order valence-electron chi connectivity index (χ1n) is 9.63. The van der Waals surface area contributed by atoms with Crippen molar-refractivity contribution in [2.45, 2.75) is 26.5 Å². The molecule has 9 nitrogen and oxygen atoms in total. The molecule has 1 N–H and O–H groups in total. The predicted octanol–water partition coefficient (Wildman–Crippen LogP) is 3.87. The first-order valence-corrected chi connectivity index (χ1v) is 10.0. The molecule has 164 valence electrons. The van der Waals surface area contributed by atoms with Gasteiger partial charge in [-0.1, -0.05) is 31.5 Å². The number of nitrogens with one attached hydrogen (secondary N) is 1. The predicted molar refractivity (Wildman–Crippen MR) is 116 cm³/mol. The zero-order valence-corrected chi connectivity index (χ0v) is 18.0. The van der Waals surface area contributed by atoms with Crippen LogP contribution in [-0.2, 0) is 16.1 Å². The number of carbonyl (C=O) groups excluding carboxylic acids is 2. The minimum absolute atomic E-state index is 0.00926. The average Bonchev–Trinajstić information content (AvgIpc) is 3.12. The van der Waals surface area contributed by atoms with Gasteiger partial charge in [-0.15, -0.1) is 0 Å². The fourth-order valence-corrected chi connectivity index (χ4v) is 3.36. The van der Waals surface area contributed by atoms with E-state index < -0.39 is 28.5 Å². The zero-order valence-electron chi connectivity index (χ0n) is 17.2. The van der Waals surface area contributed by atoms with Crippen LogP contribution in [-0.4, -0.2) is 27.2 Å². The van der Waals surface area contributed by atoms with E-state index >= 15 is 0 Å². The molecule has 0 spiro atoms. The van der Waals surface area contributed by atoms with Crippen molar-refractivity contribution < 1.29 is 19.2 Å². The third kappa shape index (κ3) is 4.71. The quantitative estimate of drug-likeness (QED) is 0.328. The number of hydrogen-bond donors (Lipinski definition) is 1. The van der Waals surface area contributed by atoms with Gasteiger partial charge in [-0.25, -0.2) is 4.79 Å². The Morgan fingerprint density at radius 1 is 1.31 bits per heavy atom. The second-order valence-electron chi connectivity index (χ2n) is 7.36. The van der Waals surface area contributed by atoms with Crippen LogP contribution in [0.5, 0.6) is 0 Å². The van der Waals surface area contributed by atoms with Crippen LogP contribution in [0.3, 0.4) is 0 Å². The summed E-state index contributed by atoms with van der Waals surface area (Å²) in [6, 6.07) is 10.2. The number of halogens is 1. The Balaban J connectivity index is 1.74. The second-order valence-corrected chi connectivity index (χ2v) is 7.77. The standard InChI is InChI=1S/C22H19ClN4O5/c1-13(2)20(25-21(28)14-6-7-17(23)19(9-14)27(30)31)22(29)32-12-15-11-26-8-4-3-5-18(26)16(15)10-24/h3-9,11,13,20H,12H2,1-2H3,(H,25,28)/t20-/m0/s1. The highest BCUT2D eigenvalue weighted by molar-refractivity contribution is 6.32. The lowest BCUT2D eigenvalue weighted by atomic mass is 10.0. The van der Waals surface area contributed by atoms with E-state index in [2.05, 4.69) is 11.4 Å². The molecule has 0 aliphatic rings. The van der Waals surface area contributed by atoms with E-state index in [1.807, 2.05) is 6.07 Å². The van der Waals surface area contributed by atoms with E-state index in [9.17, 15) is 25.0 Å². The number of amides is 1. The maximum Gasteiger partial charge on any atom is 0.329 e. The minimum atomic E-state index is -1.00.